The minimum atomic E-state index is -0.212. The SMILES string of the molecule is COc1ccc(OC)c(N2CCN(CC(=O)NCCCc3ccccc3)C2=O)c1. The molecule has 0 aromatic heterocycles. The number of benzene rings is 2. The van der Waals surface area contributed by atoms with Crippen LogP contribution in [0.15, 0.2) is 48.5 Å². The lowest BCUT2D eigenvalue weighted by molar-refractivity contribution is -0.121. The average molecular weight is 397 g/mol. The number of nitrogens with zero attached hydrogens (tertiary/aromatic N) is 2. The fourth-order valence-corrected chi connectivity index (χ4v) is 3.35. The van der Waals surface area contributed by atoms with Crippen molar-refractivity contribution in [2.24, 2.45) is 0 Å². The highest BCUT2D eigenvalue weighted by atomic mass is 16.5. The Balaban J connectivity index is 1.50. The largest absolute Gasteiger partial charge is 0.497 e. The van der Waals surface area contributed by atoms with Gasteiger partial charge in [0.2, 0.25) is 5.91 Å². The number of amides is 3. The molecule has 2 aromatic carbocycles. The molecule has 0 atom stereocenters. The van der Waals surface area contributed by atoms with Crippen LogP contribution in [-0.4, -0.2) is 57.2 Å². The summed E-state index contributed by atoms with van der Waals surface area (Å²) in [4.78, 5) is 28.2. The first kappa shape index (κ1) is 20.5. The summed E-state index contributed by atoms with van der Waals surface area (Å²) in [7, 11) is 3.14. The summed E-state index contributed by atoms with van der Waals surface area (Å²) in [6.45, 7) is 1.61. The van der Waals surface area contributed by atoms with E-state index in [2.05, 4.69) is 17.4 Å². The summed E-state index contributed by atoms with van der Waals surface area (Å²) < 4.78 is 10.6. The molecule has 3 rings (SSSR count). The highest BCUT2D eigenvalue weighted by molar-refractivity contribution is 5.97. The minimum Gasteiger partial charge on any atom is -0.497 e. The lowest BCUT2D eigenvalue weighted by Crippen LogP contribution is -2.40. The van der Waals surface area contributed by atoms with E-state index in [1.54, 1.807) is 42.2 Å². The second kappa shape index (κ2) is 9.82. The highest BCUT2D eigenvalue weighted by Gasteiger charge is 2.32. The number of carbonyl (C=O) groups is 2. The van der Waals surface area contributed by atoms with Crippen LogP contribution in [0.2, 0.25) is 0 Å². The number of nitrogens with one attached hydrogen (secondary N) is 1. The zero-order valence-electron chi connectivity index (χ0n) is 16.9. The maximum absolute atomic E-state index is 12.8. The molecule has 0 saturated carbocycles. The summed E-state index contributed by atoms with van der Waals surface area (Å²) in [5, 5.41) is 2.90. The second-order valence-corrected chi connectivity index (χ2v) is 6.83. The number of hydrogen-bond acceptors (Lipinski definition) is 4. The van der Waals surface area contributed by atoms with Crippen LogP contribution in [0.3, 0.4) is 0 Å². The van der Waals surface area contributed by atoms with Crippen LogP contribution in [-0.2, 0) is 11.2 Å². The first-order chi connectivity index (χ1) is 14.1. The van der Waals surface area contributed by atoms with Crippen molar-refractivity contribution in [3.8, 4) is 11.5 Å². The standard InChI is InChI=1S/C22H27N3O4/c1-28-18-10-11-20(29-2)19(15-18)25-14-13-24(22(25)27)16-21(26)23-12-6-9-17-7-4-3-5-8-17/h3-5,7-8,10-11,15H,6,9,12-14,16H2,1-2H3,(H,23,26). The van der Waals surface area contributed by atoms with E-state index in [0.717, 1.165) is 12.8 Å². The van der Waals surface area contributed by atoms with Crippen molar-refractivity contribution in [3.63, 3.8) is 0 Å². The molecule has 7 nitrogen and oxygen atoms in total. The molecule has 0 unspecified atom stereocenters. The fourth-order valence-electron chi connectivity index (χ4n) is 3.35. The van der Waals surface area contributed by atoms with Crippen molar-refractivity contribution in [1.29, 1.82) is 0 Å². The van der Waals surface area contributed by atoms with Gasteiger partial charge < -0.3 is 19.7 Å². The van der Waals surface area contributed by atoms with Crippen LogP contribution >= 0.6 is 0 Å². The van der Waals surface area contributed by atoms with Gasteiger partial charge in [0.1, 0.15) is 18.0 Å². The fraction of sp³-hybridized carbons (Fsp3) is 0.364. The van der Waals surface area contributed by atoms with Crippen LogP contribution in [0.4, 0.5) is 10.5 Å². The Morgan fingerprint density at radius 2 is 1.86 bits per heavy atom. The molecule has 3 amide bonds. The van der Waals surface area contributed by atoms with Gasteiger partial charge in [0.15, 0.2) is 0 Å². The number of aryl methyl sites for hydroxylation is 1. The monoisotopic (exact) mass is 397 g/mol. The molecule has 1 N–H and O–H groups in total. The third-order valence-corrected chi connectivity index (χ3v) is 4.91. The quantitative estimate of drug-likeness (QED) is 0.661. The zero-order chi connectivity index (χ0) is 20.6. The van der Waals surface area contributed by atoms with E-state index in [9.17, 15) is 9.59 Å². The minimum absolute atomic E-state index is 0.0486. The number of methoxy groups -OCH3 is 2. The Hall–Kier alpha value is -3.22. The first-order valence-corrected chi connectivity index (χ1v) is 9.71. The van der Waals surface area contributed by atoms with Crippen molar-refractivity contribution in [2.75, 3.05) is 45.3 Å². The van der Waals surface area contributed by atoms with E-state index in [0.29, 0.717) is 36.8 Å². The third kappa shape index (κ3) is 5.19. The van der Waals surface area contributed by atoms with Crippen LogP contribution < -0.4 is 19.7 Å². The zero-order valence-corrected chi connectivity index (χ0v) is 16.9. The van der Waals surface area contributed by atoms with Gasteiger partial charge in [-0.1, -0.05) is 30.3 Å². The first-order valence-electron chi connectivity index (χ1n) is 9.71. The van der Waals surface area contributed by atoms with Gasteiger partial charge in [0.25, 0.3) is 0 Å². The molecule has 0 spiro atoms. The summed E-state index contributed by atoms with van der Waals surface area (Å²) >= 11 is 0. The maximum Gasteiger partial charge on any atom is 0.325 e. The number of hydrogen-bond donors (Lipinski definition) is 1. The lowest BCUT2D eigenvalue weighted by Gasteiger charge is -2.21. The van der Waals surface area contributed by atoms with Crippen LogP contribution in [0.5, 0.6) is 11.5 Å². The number of anilines is 1. The van der Waals surface area contributed by atoms with Gasteiger partial charge >= 0.3 is 6.03 Å². The molecule has 1 heterocycles. The Morgan fingerprint density at radius 1 is 1.07 bits per heavy atom. The molecule has 1 saturated heterocycles. The molecule has 7 heteroatoms. The third-order valence-electron chi connectivity index (χ3n) is 4.91. The molecule has 0 aliphatic carbocycles. The van der Waals surface area contributed by atoms with Crippen LogP contribution in [0.1, 0.15) is 12.0 Å². The smallest absolute Gasteiger partial charge is 0.325 e. The Labute approximate surface area is 171 Å². The number of rotatable bonds is 9. The van der Waals surface area contributed by atoms with Gasteiger partial charge in [-0.15, -0.1) is 0 Å². The van der Waals surface area contributed by atoms with E-state index in [1.807, 2.05) is 18.2 Å². The number of carbonyl (C=O) groups excluding carboxylic acids is 2. The summed E-state index contributed by atoms with van der Waals surface area (Å²) in [5.41, 5.74) is 1.89. The van der Waals surface area contributed by atoms with E-state index in [1.165, 1.54) is 5.56 Å². The van der Waals surface area contributed by atoms with Gasteiger partial charge in [-0.2, -0.15) is 0 Å². The van der Waals surface area contributed by atoms with Crippen molar-refractivity contribution < 1.29 is 19.1 Å². The Bertz CT molecular complexity index is 841. The van der Waals surface area contributed by atoms with Gasteiger partial charge in [-0.3, -0.25) is 9.69 Å². The molecule has 2 aromatic rings. The Kier molecular flexibility index (Phi) is 6.94. The van der Waals surface area contributed by atoms with Gasteiger partial charge in [-0.05, 0) is 30.5 Å². The topological polar surface area (TPSA) is 71.1 Å². The number of urea groups is 1. The van der Waals surface area contributed by atoms with E-state index in [-0.39, 0.29) is 18.5 Å². The molecule has 0 radical (unpaired) electrons. The predicted octanol–water partition coefficient (Wildman–Crippen LogP) is 2.69. The van der Waals surface area contributed by atoms with Crippen LogP contribution in [0.25, 0.3) is 0 Å². The Morgan fingerprint density at radius 3 is 2.59 bits per heavy atom. The van der Waals surface area contributed by atoms with E-state index < -0.39 is 0 Å². The summed E-state index contributed by atoms with van der Waals surface area (Å²) in [6.07, 6.45) is 1.77. The molecule has 29 heavy (non-hydrogen) atoms. The molecular weight excluding hydrogens is 370 g/mol. The highest BCUT2D eigenvalue weighted by Crippen LogP contribution is 2.34. The molecule has 1 aliphatic heterocycles. The number of ether oxygens (including phenoxy) is 2. The van der Waals surface area contributed by atoms with Gasteiger partial charge in [-0.25, -0.2) is 4.79 Å². The summed E-state index contributed by atoms with van der Waals surface area (Å²) in [5.74, 6) is 1.08. The van der Waals surface area contributed by atoms with Crippen LogP contribution in [0, 0.1) is 0 Å². The maximum atomic E-state index is 12.8. The van der Waals surface area contributed by atoms with E-state index in [4.69, 9.17) is 9.47 Å². The van der Waals surface area contributed by atoms with Gasteiger partial charge in [0, 0.05) is 25.7 Å². The van der Waals surface area contributed by atoms with Crippen molar-refractivity contribution >= 4 is 17.6 Å². The molecule has 1 fully saturated rings. The average Bonchev–Trinajstić information content (AvgIpc) is 3.11. The molecule has 1 aliphatic rings. The second-order valence-electron chi connectivity index (χ2n) is 6.83. The normalized spacial score (nSPS) is 13.5. The van der Waals surface area contributed by atoms with Crippen molar-refractivity contribution in [2.45, 2.75) is 12.8 Å². The van der Waals surface area contributed by atoms with E-state index >= 15 is 0 Å². The van der Waals surface area contributed by atoms with Crippen molar-refractivity contribution in [1.82, 2.24) is 10.2 Å². The van der Waals surface area contributed by atoms with Gasteiger partial charge in [0.05, 0.1) is 19.9 Å². The predicted molar refractivity (Wildman–Crippen MR) is 112 cm³/mol. The lowest BCUT2D eigenvalue weighted by atomic mass is 10.1. The summed E-state index contributed by atoms with van der Waals surface area (Å²) in [6, 6.07) is 15.3. The van der Waals surface area contributed by atoms with Crippen molar-refractivity contribution in [3.05, 3.63) is 54.1 Å². The molecule has 154 valence electrons. The molecule has 0 bridgehead atoms. The molecular formula is C22H27N3O4.